The van der Waals surface area contributed by atoms with E-state index in [0.717, 1.165) is 5.71 Å². The molecule has 18 heavy (non-hydrogen) atoms. The molecule has 0 aliphatic carbocycles. The van der Waals surface area contributed by atoms with E-state index in [4.69, 9.17) is 9.94 Å². The molecule has 2 heterocycles. The molecule has 0 aromatic carbocycles. The zero-order chi connectivity index (χ0) is 13.1. The van der Waals surface area contributed by atoms with Gasteiger partial charge in [0.15, 0.2) is 0 Å². The van der Waals surface area contributed by atoms with Crippen molar-refractivity contribution < 1.29 is 14.7 Å². The zero-order valence-corrected chi connectivity index (χ0v) is 11.2. The number of rotatable bonds is 2. The Bertz CT molecular complexity index is 470. The molecule has 1 aliphatic rings. The number of nitrogens with zero attached hydrogens (tertiary/aromatic N) is 2. The van der Waals surface area contributed by atoms with E-state index in [2.05, 4.69) is 5.16 Å². The molecule has 1 fully saturated rings. The summed E-state index contributed by atoms with van der Waals surface area (Å²) in [6, 6.07) is 1.80. The lowest BCUT2D eigenvalue weighted by Crippen LogP contribution is -2.43. The third-order valence-electron chi connectivity index (χ3n) is 3.16. The van der Waals surface area contributed by atoms with E-state index >= 15 is 0 Å². The Morgan fingerprint density at radius 2 is 2.44 bits per heavy atom. The van der Waals surface area contributed by atoms with E-state index < -0.39 is 0 Å². The zero-order valence-electron chi connectivity index (χ0n) is 10.4. The molecule has 6 heteroatoms. The van der Waals surface area contributed by atoms with Gasteiger partial charge in [-0.2, -0.15) is 0 Å². The van der Waals surface area contributed by atoms with E-state index in [1.807, 2.05) is 12.3 Å². The first kappa shape index (κ1) is 12.9. The number of methoxy groups -OCH3 is 1. The predicted octanol–water partition coefficient (Wildman–Crippen LogP) is 2.07. The van der Waals surface area contributed by atoms with Crippen LogP contribution in [0.3, 0.4) is 0 Å². The summed E-state index contributed by atoms with van der Waals surface area (Å²) in [5.41, 5.74) is 0.761. The van der Waals surface area contributed by atoms with Crippen LogP contribution in [0.4, 0.5) is 0 Å². The summed E-state index contributed by atoms with van der Waals surface area (Å²) in [4.78, 5) is 14.8. The second-order valence-corrected chi connectivity index (χ2v) is 5.23. The molecule has 2 rings (SSSR count). The number of piperidine rings is 1. The molecular formula is C12H16N2O3S. The molecule has 0 saturated carbocycles. The first-order valence-electron chi connectivity index (χ1n) is 5.79. The summed E-state index contributed by atoms with van der Waals surface area (Å²) in [5.74, 6) is 0.712. The van der Waals surface area contributed by atoms with Crippen LogP contribution in [0.1, 0.15) is 23.0 Å². The molecule has 0 radical (unpaired) electrons. The number of ether oxygens (including phenoxy) is 1. The summed E-state index contributed by atoms with van der Waals surface area (Å²) in [6.07, 6.45) is 0.622. The maximum atomic E-state index is 12.3. The number of oxime groups is 1. The molecule has 1 aliphatic heterocycles. The third kappa shape index (κ3) is 2.33. The Balaban J connectivity index is 2.12. The topological polar surface area (TPSA) is 62.1 Å². The van der Waals surface area contributed by atoms with Gasteiger partial charge in [0.05, 0.1) is 12.8 Å². The highest BCUT2D eigenvalue weighted by molar-refractivity contribution is 7.12. The van der Waals surface area contributed by atoms with Gasteiger partial charge in [0.2, 0.25) is 0 Å². The fourth-order valence-corrected chi connectivity index (χ4v) is 2.94. The van der Waals surface area contributed by atoms with Crippen LogP contribution in [0.25, 0.3) is 0 Å². The Kier molecular flexibility index (Phi) is 3.86. The molecule has 1 amide bonds. The molecule has 0 spiro atoms. The van der Waals surface area contributed by atoms with Gasteiger partial charge in [-0.15, -0.1) is 11.3 Å². The smallest absolute Gasteiger partial charge is 0.267 e. The van der Waals surface area contributed by atoms with Crippen molar-refractivity contribution in [3.63, 3.8) is 0 Å². The van der Waals surface area contributed by atoms with Gasteiger partial charge in [0.25, 0.3) is 5.91 Å². The minimum Gasteiger partial charge on any atom is -0.495 e. The van der Waals surface area contributed by atoms with Gasteiger partial charge >= 0.3 is 0 Å². The Hall–Kier alpha value is -1.56. The SMILES string of the molecule is COc1ccsc1C(=O)N1CC/C(=N/O)C(C)C1. The minimum absolute atomic E-state index is 0.00862. The maximum absolute atomic E-state index is 12.3. The monoisotopic (exact) mass is 268 g/mol. The van der Waals surface area contributed by atoms with Crippen molar-refractivity contribution in [1.82, 2.24) is 4.90 Å². The first-order valence-corrected chi connectivity index (χ1v) is 6.67. The van der Waals surface area contributed by atoms with Crippen LogP contribution in [-0.4, -0.2) is 41.9 Å². The number of hydrogen-bond acceptors (Lipinski definition) is 5. The highest BCUT2D eigenvalue weighted by Gasteiger charge is 2.28. The number of carbonyl (C=O) groups is 1. The lowest BCUT2D eigenvalue weighted by atomic mass is 9.97. The average Bonchev–Trinajstić information content (AvgIpc) is 2.86. The second kappa shape index (κ2) is 5.39. The van der Waals surface area contributed by atoms with Gasteiger partial charge in [-0.25, -0.2) is 0 Å². The fraction of sp³-hybridized carbons (Fsp3) is 0.500. The quantitative estimate of drug-likeness (QED) is 0.659. The molecule has 1 N–H and O–H groups in total. The van der Waals surface area contributed by atoms with Crippen LogP contribution in [0.5, 0.6) is 5.75 Å². The van der Waals surface area contributed by atoms with Crippen molar-refractivity contribution in [1.29, 1.82) is 0 Å². The van der Waals surface area contributed by atoms with Crippen molar-refractivity contribution >= 4 is 23.0 Å². The van der Waals surface area contributed by atoms with Crippen LogP contribution in [-0.2, 0) is 0 Å². The van der Waals surface area contributed by atoms with Crippen LogP contribution < -0.4 is 4.74 Å². The van der Waals surface area contributed by atoms with Crippen molar-refractivity contribution in [2.45, 2.75) is 13.3 Å². The predicted molar refractivity (Wildman–Crippen MR) is 69.8 cm³/mol. The summed E-state index contributed by atoms with van der Waals surface area (Å²) in [6.45, 7) is 3.13. The van der Waals surface area contributed by atoms with E-state index in [9.17, 15) is 4.79 Å². The van der Waals surface area contributed by atoms with Crippen molar-refractivity contribution in [2.75, 3.05) is 20.2 Å². The van der Waals surface area contributed by atoms with E-state index in [1.54, 1.807) is 18.1 Å². The largest absolute Gasteiger partial charge is 0.495 e. The van der Waals surface area contributed by atoms with Crippen molar-refractivity contribution in [2.24, 2.45) is 11.1 Å². The summed E-state index contributed by atoms with van der Waals surface area (Å²) >= 11 is 1.39. The molecule has 1 atom stereocenters. The van der Waals surface area contributed by atoms with Crippen LogP contribution in [0.2, 0.25) is 0 Å². The van der Waals surface area contributed by atoms with Gasteiger partial charge in [-0.1, -0.05) is 12.1 Å². The molecule has 5 nitrogen and oxygen atoms in total. The van der Waals surface area contributed by atoms with Crippen molar-refractivity contribution in [3.8, 4) is 5.75 Å². The van der Waals surface area contributed by atoms with Crippen LogP contribution in [0.15, 0.2) is 16.6 Å². The lowest BCUT2D eigenvalue weighted by molar-refractivity contribution is 0.0736. The highest BCUT2D eigenvalue weighted by Crippen LogP contribution is 2.27. The molecular weight excluding hydrogens is 252 g/mol. The number of carbonyl (C=O) groups excluding carboxylic acids is 1. The molecule has 98 valence electrons. The summed E-state index contributed by atoms with van der Waals surface area (Å²) in [5, 5.41) is 13.9. The second-order valence-electron chi connectivity index (χ2n) is 4.31. The summed E-state index contributed by atoms with van der Waals surface area (Å²) in [7, 11) is 1.56. The molecule has 0 bridgehead atoms. The van der Waals surface area contributed by atoms with E-state index in [1.165, 1.54) is 11.3 Å². The Morgan fingerprint density at radius 3 is 3.06 bits per heavy atom. The van der Waals surface area contributed by atoms with Crippen LogP contribution in [0, 0.1) is 5.92 Å². The standard InChI is InChI=1S/C12H16N2O3S/c1-8-7-14(5-3-9(8)13-16)12(15)11-10(17-2)4-6-18-11/h4,6,8,16H,3,5,7H2,1-2H3/b13-9-. The number of thiophene rings is 1. The molecule has 1 aromatic heterocycles. The van der Waals surface area contributed by atoms with E-state index in [-0.39, 0.29) is 11.8 Å². The summed E-state index contributed by atoms with van der Waals surface area (Å²) < 4.78 is 5.17. The Labute approximate surface area is 110 Å². The fourth-order valence-electron chi connectivity index (χ4n) is 2.11. The van der Waals surface area contributed by atoms with Gasteiger partial charge in [0, 0.05) is 25.4 Å². The minimum atomic E-state index is -0.00862. The highest BCUT2D eigenvalue weighted by atomic mass is 32.1. The van der Waals surface area contributed by atoms with Gasteiger partial charge in [-0.3, -0.25) is 4.79 Å². The van der Waals surface area contributed by atoms with E-state index in [0.29, 0.717) is 30.1 Å². The first-order chi connectivity index (χ1) is 8.67. The van der Waals surface area contributed by atoms with Gasteiger partial charge < -0.3 is 14.8 Å². The lowest BCUT2D eigenvalue weighted by Gasteiger charge is -2.31. The normalized spacial score (nSPS) is 22.2. The third-order valence-corrected chi connectivity index (χ3v) is 4.04. The number of likely N-dealkylation sites (tertiary alicyclic amines) is 1. The maximum Gasteiger partial charge on any atom is 0.267 e. The van der Waals surface area contributed by atoms with Gasteiger partial charge in [0.1, 0.15) is 10.6 Å². The number of hydrogen-bond donors (Lipinski definition) is 1. The van der Waals surface area contributed by atoms with Crippen LogP contribution >= 0.6 is 11.3 Å². The molecule has 1 aromatic rings. The number of amides is 1. The average molecular weight is 268 g/mol. The van der Waals surface area contributed by atoms with Gasteiger partial charge in [-0.05, 0) is 11.4 Å². The van der Waals surface area contributed by atoms with Crippen molar-refractivity contribution in [3.05, 3.63) is 16.3 Å². The molecule has 1 saturated heterocycles. The Morgan fingerprint density at radius 1 is 1.67 bits per heavy atom. The molecule has 1 unspecified atom stereocenters.